The van der Waals surface area contributed by atoms with Crippen LogP contribution in [0.4, 0.5) is 0 Å². The maximum absolute atomic E-state index is 13.1. The van der Waals surface area contributed by atoms with Crippen molar-refractivity contribution < 1.29 is 24.5 Å². The number of nitrogens with zero attached hydrogens (tertiary/aromatic N) is 4. The molecule has 0 bridgehead atoms. The lowest BCUT2D eigenvalue weighted by molar-refractivity contribution is -0.121. The molecule has 0 spiro atoms. The number of para-hydroxylation sites is 1. The summed E-state index contributed by atoms with van der Waals surface area (Å²) in [7, 11) is 1.61. The van der Waals surface area contributed by atoms with Crippen LogP contribution in [-0.2, 0) is 4.79 Å². The van der Waals surface area contributed by atoms with Gasteiger partial charge in [-0.1, -0.05) is 29.8 Å². The number of halogens is 1. The number of aryl methyl sites for hydroxylation is 1. The van der Waals surface area contributed by atoms with Crippen LogP contribution in [0.15, 0.2) is 65.7 Å². The van der Waals surface area contributed by atoms with E-state index in [1.165, 1.54) is 18.2 Å². The number of aromatic hydroxyl groups is 2. The number of ether oxygens (including phenoxy) is 1. The van der Waals surface area contributed by atoms with Crippen LogP contribution in [0.5, 0.6) is 17.2 Å². The second-order valence-corrected chi connectivity index (χ2v) is 10.8. The molecule has 1 aromatic heterocycles. The number of carbonyl (C=O) groups excluding carboxylic acids is 2. The summed E-state index contributed by atoms with van der Waals surface area (Å²) in [6.45, 7) is 2.72. The highest BCUT2D eigenvalue weighted by Crippen LogP contribution is 2.34. The molecule has 0 radical (unpaired) electrons. The van der Waals surface area contributed by atoms with Crippen LogP contribution in [0.25, 0.3) is 5.69 Å². The van der Waals surface area contributed by atoms with Gasteiger partial charge in [0.15, 0.2) is 17.3 Å². The molecule has 4 N–H and O–H groups in total. The number of hydrogen-bond acceptors (Lipinski definition) is 8. The number of rotatable bonds is 11. The van der Waals surface area contributed by atoms with E-state index in [-0.39, 0.29) is 23.6 Å². The molecule has 3 aromatic carbocycles. The summed E-state index contributed by atoms with van der Waals surface area (Å²) >= 11 is 6.17. The summed E-state index contributed by atoms with van der Waals surface area (Å²) in [5.74, 6) is 0.505. The highest BCUT2D eigenvalue weighted by Gasteiger charge is 2.30. The molecule has 11 nitrogen and oxygen atoms in total. The SMILES string of the molecule is COc1ccc2c(c1)C(c1ccc(Cl)cc1)=NC(CC(=O)NCCCCCNC(=O)c1cccc(O)c1O)c1nnc(C)n1-2. The Hall–Kier alpha value is -4.90. The number of hydrogen-bond donors (Lipinski definition) is 4. The maximum atomic E-state index is 13.1. The smallest absolute Gasteiger partial charge is 0.255 e. The largest absolute Gasteiger partial charge is 0.504 e. The molecule has 0 saturated heterocycles. The topological polar surface area (TPSA) is 151 Å². The third-order valence-electron chi connectivity index (χ3n) is 7.35. The van der Waals surface area contributed by atoms with E-state index in [0.717, 1.165) is 23.2 Å². The number of carbonyl (C=O) groups is 2. The number of fused-ring (bicyclic) bond motifs is 3. The van der Waals surface area contributed by atoms with Gasteiger partial charge in [0.25, 0.3) is 5.91 Å². The lowest BCUT2D eigenvalue weighted by Crippen LogP contribution is -2.27. The van der Waals surface area contributed by atoms with E-state index < -0.39 is 17.7 Å². The van der Waals surface area contributed by atoms with Crippen molar-refractivity contribution >= 4 is 29.1 Å². The van der Waals surface area contributed by atoms with Crippen molar-refractivity contribution in [3.8, 4) is 22.9 Å². The highest BCUT2D eigenvalue weighted by atomic mass is 35.5. The zero-order valence-corrected chi connectivity index (χ0v) is 25.1. The summed E-state index contributed by atoms with van der Waals surface area (Å²) in [5, 5.41) is 34.5. The minimum atomic E-state index is -0.593. The van der Waals surface area contributed by atoms with Crippen LogP contribution >= 0.6 is 11.6 Å². The van der Waals surface area contributed by atoms with Gasteiger partial charge in [-0.25, -0.2) is 0 Å². The van der Waals surface area contributed by atoms with Crippen molar-refractivity contribution in [2.75, 3.05) is 20.2 Å². The Morgan fingerprint density at radius 2 is 1.73 bits per heavy atom. The lowest BCUT2D eigenvalue weighted by Gasteiger charge is -2.14. The van der Waals surface area contributed by atoms with Gasteiger partial charge in [-0.05, 0) is 68.7 Å². The number of unbranched alkanes of at least 4 members (excludes halogenated alkanes) is 2. The fraction of sp³-hybridized carbons (Fsp3) is 0.281. The molecular formula is C32H33ClN6O5. The zero-order valence-electron chi connectivity index (χ0n) is 24.4. The third kappa shape index (κ3) is 6.68. The molecule has 4 aromatic rings. The molecule has 228 valence electrons. The second-order valence-electron chi connectivity index (χ2n) is 10.4. The van der Waals surface area contributed by atoms with E-state index in [1.807, 2.05) is 41.8 Å². The lowest BCUT2D eigenvalue weighted by atomic mass is 10.00. The van der Waals surface area contributed by atoms with Crippen molar-refractivity contribution in [3.05, 3.63) is 94.0 Å². The molecule has 1 aliphatic rings. The van der Waals surface area contributed by atoms with Gasteiger partial charge in [0, 0.05) is 29.2 Å². The molecule has 2 heterocycles. The summed E-state index contributed by atoms with van der Waals surface area (Å²) in [5.41, 5.74) is 3.22. The summed E-state index contributed by atoms with van der Waals surface area (Å²) < 4.78 is 7.45. The minimum absolute atomic E-state index is 0.0194. The average molecular weight is 617 g/mol. The van der Waals surface area contributed by atoms with Crippen LogP contribution in [0.3, 0.4) is 0 Å². The number of benzene rings is 3. The molecule has 1 aliphatic heterocycles. The summed E-state index contributed by atoms with van der Waals surface area (Å²) in [4.78, 5) is 30.4. The molecule has 0 fully saturated rings. The summed E-state index contributed by atoms with van der Waals surface area (Å²) in [6.07, 6.45) is 2.23. The Morgan fingerprint density at radius 3 is 2.48 bits per heavy atom. The first-order valence-corrected chi connectivity index (χ1v) is 14.6. The van der Waals surface area contributed by atoms with Crippen molar-refractivity contribution in [2.24, 2.45) is 4.99 Å². The van der Waals surface area contributed by atoms with Crippen LogP contribution in [-0.4, -0.2) is 62.7 Å². The normalized spacial score (nSPS) is 13.7. The van der Waals surface area contributed by atoms with Gasteiger partial charge in [-0.3, -0.25) is 19.1 Å². The van der Waals surface area contributed by atoms with Gasteiger partial charge in [-0.2, -0.15) is 0 Å². The predicted molar refractivity (Wildman–Crippen MR) is 166 cm³/mol. The Bertz CT molecular complexity index is 1700. The number of phenols is 2. The molecule has 0 saturated carbocycles. The number of aliphatic imine (C=N–C) groups is 1. The second kappa shape index (κ2) is 13.6. The van der Waals surface area contributed by atoms with Crippen LogP contribution in [0, 0.1) is 6.92 Å². The van der Waals surface area contributed by atoms with E-state index in [2.05, 4.69) is 20.8 Å². The number of nitrogens with one attached hydrogen (secondary N) is 2. The van der Waals surface area contributed by atoms with Gasteiger partial charge in [0.2, 0.25) is 5.91 Å². The van der Waals surface area contributed by atoms with E-state index >= 15 is 0 Å². The van der Waals surface area contributed by atoms with E-state index in [4.69, 9.17) is 21.3 Å². The Labute approximate surface area is 259 Å². The molecule has 44 heavy (non-hydrogen) atoms. The zero-order chi connectivity index (χ0) is 31.2. The quantitative estimate of drug-likeness (QED) is 0.141. The van der Waals surface area contributed by atoms with Crippen molar-refractivity contribution in [1.82, 2.24) is 25.4 Å². The predicted octanol–water partition coefficient (Wildman–Crippen LogP) is 4.65. The maximum Gasteiger partial charge on any atom is 0.255 e. The highest BCUT2D eigenvalue weighted by molar-refractivity contribution is 6.30. The molecular weight excluding hydrogens is 584 g/mol. The van der Waals surface area contributed by atoms with E-state index in [0.29, 0.717) is 54.1 Å². The number of phenolic OH excluding ortho intramolecular Hbond substituents is 2. The molecule has 1 atom stereocenters. The summed E-state index contributed by atoms with van der Waals surface area (Å²) in [6, 6.07) is 16.8. The van der Waals surface area contributed by atoms with Gasteiger partial charge in [0.1, 0.15) is 17.6 Å². The fourth-order valence-electron chi connectivity index (χ4n) is 5.09. The third-order valence-corrected chi connectivity index (χ3v) is 7.60. The van der Waals surface area contributed by atoms with Crippen molar-refractivity contribution in [1.29, 1.82) is 0 Å². The fourth-order valence-corrected chi connectivity index (χ4v) is 5.22. The minimum Gasteiger partial charge on any atom is -0.504 e. The average Bonchev–Trinajstić information content (AvgIpc) is 3.34. The molecule has 12 heteroatoms. The first-order valence-electron chi connectivity index (χ1n) is 14.3. The molecule has 0 aliphatic carbocycles. The first kappa shape index (κ1) is 30.6. The Kier molecular flexibility index (Phi) is 9.44. The number of methoxy groups -OCH3 is 1. The van der Waals surface area contributed by atoms with E-state index in [9.17, 15) is 19.8 Å². The Morgan fingerprint density at radius 1 is 0.977 bits per heavy atom. The Balaban J connectivity index is 1.23. The molecule has 5 rings (SSSR count). The van der Waals surface area contributed by atoms with Gasteiger partial charge >= 0.3 is 0 Å². The molecule has 1 unspecified atom stereocenters. The van der Waals surface area contributed by atoms with Crippen LogP contribution in [0.1, 0.15) is 64.9 Å². The van der Waals surface area contributed by atoms with E-state index in [1.54, 1.807) is 19.2 Å². The van der Waals surface area contributed by atoms with Gasteiger partial charge in [-0.15, -0.1) is 10.2 Å². The van der Waals surface area contributed by atoms with Crippen molar-refractivity contribution in [3.63, 3.8) is 0 Å². The van der Waals surface area contributed by atoms with Gasteiger partial charge in [0.05, 0.1) is 30.5 Å². The molecule has 2 amide bonds. The van der Waals surface area contributed by atoms with Crippen molar-refractivity contribution in [2.45, 2.75) is 38.6 Å². The number of amides is 2. The van der Waals surface area contributed by atoms with Crippen LogP contribution in [0.2, 0.25) is 5.02 Å². The standard InChI is InChI=1S/C32H33ClN6O5/c1-19-37-38-31-25(18-28(41)34-15-4-3-5-16-35-32(43)23-7-6-8-27(40)30(23)42)36-29(20-9-11-21(33)12-10-20)24-17-22(44-2)13-14-26(24)39(19)31/h6-14,17,25,40,42H,3-5,15-16,18H2,1-2H3,(H,34,41)(H,35,43). The first-order chi connectivity index (χ1) is 21.3. The van der Waals surface area contributed by atoms with Gasteiger partial charge < -0.3 is 25.6 Å². The monoisotopic (exact) mass is 616 g/mol. The van der Waals surface area contributed by atoms with Crippen LogP contribution < -0.4 is 15.4 Å². The number of aromatic nitrogens is 3.